The molecule has 1 atom stereocenters. The number of sulfone groups is 1. The standard InChI is InChI=1S/C13H20FNO2S2/c1-2-19(16,17)9-5-6-11(15)10-18-13-8-4-3-7-12(13)14/h3-4,7-8,11H,2,5-6,9-10,15H2,1H3. The Bertz CT molecular complexity index is 491. The topological polar surface area (TPSA) is 60.2 Å². The molecule has 2 N–H and O–H groups in total. The second kappa shape index (κ2) is 7.87. The Morgan fingerprint density at radius 3 is 2.68 bits per heavy atom. The van der Waals surface area contributed by atoms with Crippen molar-refractivity contribution >= 4 is 21.6 Å². The fraction of sp³-hybridized carbons (Fsp3) is 0.538. The number of benzene rings is 1. The third-order valence-electron chi connectivity index (χ3n) is 2.76. The summed E-state index contributed by atoms with van der Waals surface area (Å²) in [7, 11) is -2.91. The molecule has 1 aromatic rings. The molecule has 1 aromatic carbocycles. The van der Waals surface area contributed by atoms with E-state index in [4.69, 9.17) is 5.73 Å². The van der Waals surface area contributed by atoms with Crippen molar-refractivity contribution in [1.82, 2.24) is 0 Å². The molecule has 19 heavy (non-hydrogen) atoms. The van der Waals surface area contributed by atoms with Gasteiger partial charge in [-0.05, 0) is 25.0 Å². The maximum atomic E-state index is 13.4. The van der Waals surface area contributed by atoms with Crippen LogP contribution < -0.4 is 5.73 Å². The Hall–Kier alpha value is -0.590. The molecule has 0 radical (unpaired) electrons. The minimum absolute atomic E-state index is 0.114. The van der Waals surface area contributed by atoms with E-state index in [2.05, 4.69) is 0 Å². The second-order valence-corrected chi connectivity index (χ2v) is 7.91. The molecular weight excluding hydrogens is 285 g/mol. The first-order valence-corrected chi connectivity index (χ1v) is 9.08. The summed E-state index contributed by atoms with van der Waals surface area (Å²) in [5, 5.41) is 0. The molecule has 0 spiro atoms. The van der Waals surface area contributed by atoms with Crippen molar-refractivity contribution in [3.63, 3.8) is 0 Å². The van der Waals surface area contributed by atoms with Crippen LogP contribution in [-0.2, 0) is 9.84 Å². The van der Waals surface area contributed by atoms with Crippen LogP contribution >= 0.6 is 11.8 Å². The highest BCUT2D eigenvalue weighted by Crippen LogP contribution is 2.22. The third kappa shape index (κ3) is 6.40. The van der Waals surface area contributed by atoms with Gasteiger partial charge in [-0.1, -0.05) is 19.1 Å². The molecule has 0 saturated carbocycles. The minimum atomic E-state index is -2.91. The summed E-state index contributed by atoms with van der Waals surface area (Å²) in [5.41, 5.74) is 5.90. The Balaban J connectivity index is 2.29. The zero-order valence-corrected chi connectivity index (χ0v) is 12.6. The molecule has 0 heterocycles. The maximum Gasteiger partial charge on any atom is 0.150 e. The van der Waals surface area contributed by atoms with E-state index in [1.165, 1.54) is 17.8 Å². The lowest BCUT2D eigenvalue weighted by Crippen LogP contribution is -2.24. The van der Waals surface area contributed by atoms with Crippen molar-refractivity contribution in [2.24, 2.45) is 5.73 Å². The normalized spacial score (nSPS) is 13.4. The molecule has 1 unspecified atom stereocenters. The fourth-order valence-electron chi connectivity index (χ4n) is 1.55. The monoisotopic (exact) mass is 305 g/mol. The molecule has 0 aliphatic heterocycles. The minimum Gasteiger partial charge on any atom is -0.327 e. The van der Waals surface area contributed by atoms with Gasteiger partial charge in [0.05, 0.1) is 5.75 Å². The molecule has 0 fully saturated rings. The van der Waals surface area contributed by atoms with E-state index < -0.39 is 9.84 Å². The molecule has 1 rings (SSSR count). The van der Waals surface area contributed by atoms with Gasteiger partial charge in [-0.15, -0.1) is 11.8 Å². The highest BCUT2D eigenvalue weighted by molar-refractivity contribution is 7.99. The molecule has 108 valence electrons. The van der Waals surface area contributed by atoms with Crippen LogP contribution in [0.4, 0.5) is 4.39 Å². The van der Waals surface area contributed by atoms with E-state index in [1.807, 2.05) is 0 Å². The number of thioether (sulfide) groups is 1. The highest BCUT2D eigenvalue weighted by atomic mass is 32.2. The highest BCUT2D eigenvalue weighted by Gasteiger charge is 2.10. The molecule has 0 amide bonds. The van der Waals surface area contributed by atoms with E-state index >= 15 is 0 Å². The van der Waals surface area contributed by atoms with Crippen LogP contribution in [0.2, 0.25) is 0 Å². The van der Waals surface area contributed by atoms with Gasteiger partial charge in [0.2, 0.25) is 0 Å². The lowest BCUT2D eigenvalue weighted by molar-refractivity contribution is 0.587. The third-order valence-corrected chi connectivity index (χ3v) is 5.79. The van der Waals surface area contributed by atoms with Gasteiger partial charge < -0.3 is 5.73 Å². The van der Waals surface area contributed by atoms with Gasteiger partial charge in [-0.2, -0.15) is 0 Å². The summed E-state index contributed by atoms with van der Waals surface area (Å²) >= 11 is 1.37. The van der Waals surface area contributed by atoms with Crippen molar-refractivity contribution in [1.29, 1.82) is 0 Å². The molecular formula is C13H20FNO2S2. The molecule has 0 aromatic heterocycles. The average molecular weight is 305 g/mol. The maximum absolute atomic E-state index is 13.4. The summed E-state index contributed by atoms with van der Waals surface area (Å²) in [6.07, 6.45) is 1.20. The Labute approximate surface area is 118 Å². The van der Waals surface area contributed by atoms with E-state index in [9.17, 15) is 12.8 Å². The van der Waals surface area contributed by atoms with Crippen LogP contribution in [0.15, 0.2) is 29.2 Å². The van der Waals surface area contributed by atoms with E-state index in [-0.39, 0.29) is 23.4 Å². The van der Waals surface area contributed by atoms with Crippen LogP contribution in [0, 0.1) is 5.82 Å². The molecule has 0 bridgehead atoms. The summed E-state index contributed by atoms with van der Waals surface area (Å²) < 4.78 is 36.0. The van der Waals surface area contributed by atoms with Gasteiger partial charge in [0.15, 0.2) is 0 Å². The summed E-state index contributed by atoms with van der Waals surface area (Å²) in [6.45, 7) is 1.64. The van der Waals surface area contributed by atoms with Crippen molar-refractivity contribution in [2.75, 3.05) is 17.3 Å². The van der Waals surface area contributed by atoms with E-state index in [1.54, 1.807) is 25.1 Å². The number of rotatable bonds is 8. The Kier molecular flexibility index (Phi) is 6.82. The average Bonchev–Trinajstić information content (AvgIpc) is 2.37. The van der Waals surface area contributed by atoms with Crippen LogP contribution in [0.25, 0.3) is 0 Å². The SMILES string of the molecule is CCS(=O)(=O)CCCC(N)CSc1ccccc1F. The fourth-order valence-corrected chi connectivity index (χ4v) is 3.39. The number of halogens is 1. The predicted molar refractivity (Wildman–Crippen MR) is 78.7 cm³/mol. The summed E-state index contributed by atoms with van der Waals surface area (Å²) in [5.74, 6) is 0.703. The van der Waals surface area contributed by atoms with Crippen LogP contribution in [0.1, 0.15) is 19.8 Å². The summed E-state index contributed by atoms with van der Waals surface area (Å²) in [4.78, 5) is 0.583. The van der Waals surface area contributed by atoms with E-state index in [0.29, 0.717) is 23.5 Å². The number of hydrogen-bond acceptors (Lipinski definition) is 4. The summed E-state index contributed by atoms with van der Waals surface area (Å²) in [6, 6.07) is 6.45. The second-order valence-electron chi connectivity index (χ2n) is 4.38. The molecule has 0 saturated heterocycles. The largest absolute Gasteiger partial charge is 0.327 e. The van der Waals surface area contributed by atoms with Crippen molar-refractivity contribution in [3.8, 4) is 0 Å². The van der Waals surface area contributed by atoms with Crippen LogP contribution in [0.5, 0.6) is 0 Å². The first-order valence-electron chi connectivity index (χ1n) is 6.28. The molecule has 0 aliphatic rings. The van der Waals surface area contributed by atoms with Gasteiger partial charge in [0, 0.05) is 22.4 Å². The van der Waals surface area contributed by atoms with Crippen LogP contribution in [-0.4, -0.2) is 31.7 Å². The number of nitrogens with two attached hydrogens (primary N) is 1. The van der Waals surface area contributed by atoms with Gasteiger partial charge in [-0.3, -0.25) is 0 Å². The van der Waals surface area contributed by atoms with Gasteiger partial charge in [0.1, 0.15) is 15.7 Å². The van der Waals surface area contributed by atoms with E-state index in [0.717, 1.165) is 0 Å². The van der Waals surface area contributed by atoms with Gasteiger partial charge in [0.25, 0.3) is 0 Å². The van der Waals surface area contributed by atoms with Crippen molar-refractivity contribution in [2.45, 2.75) is 30.7 Å². The van der Waals surface area contributed by atoms with Crippen LogP contribution in [0.3, 0.4) is 0 Å². The Morgan fingerprint density at radius 2 is 2.05 bits per heavy atom. The predicted octanol–water partition coefficient (Wildman–Crippen LogP) is 2.46. The molecule has 3 nitrogen and oxygen atoms in total. The zero-order valence-electron chi connectivity index (χ0n) is 11.0. The lowest BCUT2D eigenvalue weighted by atomic mass is 10.2. The molecule has 6 heteroatoms. The Morgan fingerprint density at radius 1 is 1.37 bits per heavy atom. The number of hydrogen-bond donors (Lipinski definition) is 1. The first kappa shape index (κ1) is 16.5. The van der Waals surface area contributed by atoms with Gasteiger partial charge in [-0.25, -0.2) is 12.8 Å². The van der Waals surface area contributed by atoms with Gasteiger partial charge >= 0.3 is 0 Å². The lowest BCUT2D eigenvalue weighted by Gasteiger charge is -2.11. The van der Waals surface area contributed by atoms with Crippen molar-refractivity contribution < 1.29 is 12.8 Å². The first-order chi connectivity index (χ1) is 8.94. The quantitative estimate of drug-likeness (QED) is 0.750. The zero-order chi connectivity index (χ0) is 14.3. The van der Waals surface area contributed by atoms with Crippen molar-refractivity contribution in [3.05, 3.63) is 30.1 Å². The smallest absolute Gasteiger partial charge is 0.150 e. The molecule has 0 aliphatic carbocycles.